The van der Waals surface area contributed by atoms with Gasteiger partial charge in [0.15, 0.2) is 0 Å². The quantitative estimate of drug-likeness (QED) is 0.225. The number of carboxylic acid groups (broad SMARTS) is 1. The van der Waals surface area contributed by atoms with E-state index in [4.69, 9.17) is 9.84 Å². The molecule has 0 saturated heterocycles. The van der Waals surface area contributed by atoms with Crippen LogP contribution in [0.25, 0.3) is 0 Å². The largest absolute Gasteiger partial charge is 0.553 e. The smallest absolute Gasteiger partial charge is 0.449 e. The second-order valence-corrected chi connectivity index (χ2v) is 2.29. The summed E-state index contributed by atoms with van der Waals surface area (Å²) in [4.78, 5) is 28.2. The SMILES string of the molecule is COCCCCOOOC(=O)OC(=O)O. The molecular formula is C7H12O8. The molecule has 0 aliphatic carbocycles. The van der Waals surface area contributed by atoms with Crippen LogP contribution in [0.5, 0.6) is 0 Å². The monoisotopic (exact) mass is 224 g/mol. The molecule has 0 aromatic heterocycles. The highest BCUT2D eigenvalue weighted by Gasteiger charge is 2.10. The minimum absolute atomic E-state index is 0.184. The van der Waals surface area contributed by atoms with Gasteiger partial charge in [-0.2, -0.15) is 9.68 Å². The number of hydrogen-bond acceptors (Lipinski definition) is 7. The van der Waals surface area contributed by atoms with Crippen LogP contribution in [0.1, 0.15) is 12.8 Å². The van der Waals surface area contributed by atoms with Gasteiger partial charge in [0.05, 0.1) is 6.61 Å². The van der Waals surface area contributed by atoms with Crippen molar-refractivity contribution in [1.82, 2.24) is 0 Å². The number of carbonyl (C=O) groups is 2. The molecule has 8 nitrogen and oxygen atoms in total. The van der Waals surface area contributed by atoms with Gasteiger partial charge in [-0.1, -0.05) is 0 Å². The first-order valence-electron chi connectivity index (χ1n) is 4.06. The third-order valence-corrected chi connectivity index (χ3v) is 1.15. The molecule has 0 fully saturated rings. The van der Waals surface area contributed by atoms with Crippen molar-refractivity contribution in [3.8, 4) is 0 Å². The second-order valence-electron chi connectivity index (χ2n) is 2.29. The molecule has 15 heavy (non-hydrogen) atoms. The molecule has 8 heteroatoms. The van der Waals surface area contributed by atoms with Crippen molar-refractivity contribution in [2.45, 2.75) is 12.8 Å². The fraction of sp³-hybridized carbons (Fsp3) is 0.714. The topological polar surface area (TPSA) is 101 Å². The number of carbonyl (C=O) groups excluding carboxylic acids is 1. The minimum atomic E-state index is -1.79. The van der Waals surface area contributed by atoms with Crippen LogP contribution in [0, 0.1) is 0 Å². The van der Waals surface area contributed by atoms with Gasteiger partial charge >= 0.3 is 12.3 Å². The molecule has 0 amide bonds. The first-order chi connectivity index (χ1) is 7.16. The molecule has 0 saturated carbocycles. The Morgan fingerprint density at radius 3 is 2.47 bits per heavy atom. The van der Waals surface area contributed by atoms with Gasteiger partial charge in [0, 0.05) is 13.7 Å². The molecule has 0 rings (SSSR count). The molecule has 0 atom stereocenters. The molecule has 0 aromatic carbocycles. The lowest BCUT2D eigenvalue weighted by atomic mass is 10.3. The van der Waals surface area contributed by atoms with Crippen LogP contribution in [0.3, 0.4) is 0 Å². The van der Waals surface area contributed by atoms with Gasteiger partial charge in [-0.25, -0.2) is 9.68 Å². The number of hydrogen-bond donors (Lipinski definition) is 1. The maximum Gasteiger partial charge on any atom is 0.553 e. The predicted molar refractivity (Wildman–Crippen MR) is 43.7 cm³/mol. The summed E-state index contributed by atoms with van der Waals surface area (Å²) < 4.78 is 8.29. The lowest BCUT2D eigenvalue weighted by Crippen LogP contribution is -2.12. The zero-order valence-corrected chi connectivity index (χ0v) is 8.13. The Bertz CT molecular complexity index is 191. The maximum atomic E-state index is 10.3. The van der Waals surface area contributed by atoms with E-state index in [1.807, 2.05) is 0 Å². The van der Waals surface area contributed by atoms with Crippen molar-refractivity contribution < 1.29 is 39.0 Å². The normalized spacial score (nSPS) is 9.67. The lowest BCUT2D eigenvalue weighted by Gasteiger charge is -2.01. The summed E-state index contributed by atoms with van der Waals surface area (Å²) in [5, 5.41) is 11.8. The molecule has 0 aliphatic rings. The van der Waals surface area contributed by atoms with Crippen molar-refractivity contribution >= 4 is 12.3 Å². The summed E-state index contributed by atoms with van der Waals surface area (Å²) >= 11 is 0. The van der Waals surface area contributed by atoms with Crippen molar-refractivity contribution in [3.05, 3.63) is 0 Å². The van der Waals surface area contributed by atoms with E-state index in [-0.39, 0.29) is 6.61 Å². The van der Waals surface area contributed by atoms with Crippen LogP contribution >= 0.6 is 0 Å². The summed E-state index contributed by atoms with van der Waals surface area (Å²) in [6.07, 6.45) is -1.90. The Morgan fingerprint density at radius 1 is 1.20 bits per heavy atom. The second kappa shape index (κ2) is 9.19. The molecule has 0 radical (unpaired) electrons. The standard InChI is InChI=1S/C7H12O8/c1-11-4-2-3-5-12-15-14-7(10)13-6(8)9/h2-5H2,1H3,(H,8,9). The summed E-state index contributed by atoms with van der Waals surface area (Å²) in [7, 11) is 1.57. The van der Waals surface area contributed by atoms with Gasteiger partial charge in [-0.15, -0.1) is 0 Å². The van der Waals surface area contributed by atoms with Crippen LogP contribution in [0.4, 0.5) is 9.59 Å². The number of methoxy groups -OCH3 is 1. The molecule has 0 aliphatic heterocycles. The highest BCUT2D eigenvalue weighted by atomic mass is 17.5. The Labute approximate surface area is 85.5 Å². The van der Waals surface area contributed by atoms with Gasteiger partial charge in [0.25, 0.3) is 0 Å². The van der Waals surface area contributed by atoms with Crippen molar-refractivity contribution in [1.29, 1.82) is 0 Å². The molecule has 0 unspecified atom stereocenters. The van der Waals surface area contributed by atoms with E-state index in [0.717, 1.165) is 6.42 Å². The average molecular weight is 224 g/mol. The molecule has 1 N–H and O–H groups in total. The van der Waals surface area contributed by atoms with Gasteiger partial charge in [0.1, 0.15) is 0 Å². The zero-order chi connectivity index (χ0) is 11.5. The van der Waals surface area contributed by atoms with Crippen molar-refractivity contribution in [3.63, 3.8) is 0 Å². The molecule has 0 spiro atoms. The van der Waals surface area contributed by atoms with E-state index >= 15 is 0 Å². The van der Waals surface area contributed by atoms with Crippen LogP contribution in [-0.4, -0.2) is 37.7 Å². The molecule has 88 valence electrons. The van der Waals surface area contributed by atoms with Crippen molar-refractivity contribution in [2.24, 2.45) is 0 Å². The first kappa shape index (κ1) is 13.6. The predicted octanol–water partition coefficient (Wildman–Crippen LogP) is 1.11. The molecule has 0 heterocycles. The Balaban J connectivity index is 3.16. The Kier molecular flexibility index (Phi) is 8.34. The highest BCUT2D eigenvalue weighted by Crippen LogP contribution is 1.93. The summed E-state index contributed by atoms with van der Waals surface area (Å²) in [6, 6.07) is 0. The molecule has 0 bridgehead atoms. The molecular weight excluding hydrogens is 212 g/mol. The number of ether oxygens (including phenoxy) is 2. The summed E-state index contributed by atoms with van der Waals surface area (Å²) in [6.45, 7) is 0.773. The van der Waals surface area contributed by atoms with Crippen LogP contribution in [0.15, 0.2) is 0 Å². The van der Waals surface area contributed by atoms with Crippen LogP contribution < -0.4 is 0 Å². The van der Waals surface area contributed by atoms with Crippen molar-refractivity contribution in [2.75, 3.05) is 20.3 Å². The van der Waals surface area contributed by atoms with Crippen LogP contribution in [0.2, 0.25) is 0 Å². The van der Waals surface area contributed by atoms with E-state index in [1.54, 1.807) is 7.11 Å². The lowest BCUT2D eigenvalue weighted by molar-refractivity contribution is -0.485. The zero-order valence-electron chi connectivity index (χ0n) is 8.13. The fourth-order valence-electron chi connectivity index (χ4n) is 0.582. The van der Waals surface area contributed by atoms with Crippen LogP contribution in [-0.2, 0) is 24.3 Å². The minimum Gasteiger partial charge on any atom is -0.449 e. The Hall–Kier alpha value is -1.38. The third-order valence-electron chi connectivity index (χ3n) is 1.15. The third kappa shape index (κ3) is 10.5. The first-order valence-corrected chi connectivity index (χ1v) is 4.06. The average Bonchev–Trinajstić information content (AvgIpc) is 2.15. The van der Waals surface area contributed by atoms with Gasteiger partial charge < -0.3 is 14.6 Å². The number of unbranched alkanes of at least 4 members (excludes halogenated alkanes) is 1. The van der Waals surface area contributed by atoms with Gasteiger partial charge in [-0.3, -0.25) is 0 Å². The van der Waals surface area contributed by atoms with E-state index in [9.17, 15) is 9.59 Å². The van der Waals surface area contributed by atoms with E-state index < -0.39 is 12.3 Å². The van der Waals surface area contributed by atoms with Gasteiger partial charge in [-0.05, 0) is 17.9 Å². The van der Waals surface area contributed by atoms with Gasteiger partial charge in [0.2, 0.25) is 0 Å². The maximum absolute atomic E-state index is 10.3. The molecule has 0 aromatic rings. The fourth-order valence-corrected chi connectivity index (χ4v) is 0.582. The number of rotatable bonds is 7. The van der Waals surface area contributed by atoms with E-state index in [0.29, 0.717) is 13.0 Å². The Morgan fingerprint density at radius 2 is 1.87 bits per heavy atom. The van der Waals surface area contributed by atoms with E-state index in [2.05, 4.69) is 19.6 Å². The van der Waals surface area contributed by atoms with E-state index in [1.165, 1.54) is 0 Å². The summed E-state index contributed by atoms with van der Waals surface area (Å²) in [5.74, 6) is 0. The highest BCUT2D eigenvalue weighted by molar-refractivity contribution is 5.75. The summed E-state index contributed by atoms with van der Waals surface area (Å²) in [5.41, 5.74) is 0.